The number of phenolic OH excluding ortho intramolecular Hbond substituents is 1. The van der Waals surface area contributed by atoms with Crippen LogP contribution in [0.5, 0.6) is 5.75 Å². The molecule has 1 amide bonds. The van der Waals surface area contributed by atoms with Crippen LogP contribution in [-0.2, 0) is 11.3 Å². The number of benzene rings is 1. The zero-order valence-corrected chi connectivity index (χ0v) is 11.4. The Morgan fingerprint density at radius 2 is 2.17 bits per heavy atom. The van der Waals surface area contributed by atoms with Gasteiger partial charge in [0, 0.05) is 23.7 Å². The number of carbonyl (C=O) groups excluding carboxylic acids is 1. The second kappa shape index (κ2) is 6.61. The highest BCUT2D eigenvalue weighted by atomic mass is 35.5. The van der Waals surface area contributed by atoms with Crippen LogP contribution in [-0.4, -0.2) is 29.0 Å². The Morgan fingerprint density at radius 3 is 2.67 bits per heavy atom. The number of aromatic hydroxyl groups is 1. The van der Waals surface area contributed by atoms with Gasteiger partial charge in [0.1, 0.15) is 5.75 Å². The van der Waals surface area contributed by atoms with Crippen LogP contribution in [0.15, 0.2) is 18.2 Å². The van der Waals surface area contributed by atoms with E-state index >= 15 is 0 Å². The average molecular weight is 271 g/mol. The molecule has 1 rings (SSSR count). The molecule has 0 aliphatic carbocycles. The molecule has 1 aromatic carbocycles. The minimum Gasteiger partial charge on any atom is -0.508 e. The summed E-state index contributed by atoms with van der Waals surface area (Å²) in [6, 6.07) is 4.98. The monoisotopic (exact) mass is 270 g/mol. The van der Waals surface area contributed by atoms with Crippen molar-refractivity contribution in [3.8, 4) is 5.75 Å². The molecule has 0 atom stereocenters. The Hall–Kier alpha value is -1.26. The van der Waals surface area contributed by atoms with Crippen molar-refractivity contribution in [1.82, 2.24) is 4.90 Å². The minimum atomic E-state index is -0.387. The third-order valence-corrected chi connectivity index (χ3v) is 2.83. The van der Waals surface area contributed by atoms with E-state index in [2.05, 4.69) is 13.8 Å². The van der Waals surface area contributed by atoms with Gasteiger partial charge in [-0.1, -0.05) is 31.5 Å². The van der Waals surface area contributed by atoms with Gasteiger partial charge in [-0.3, -0.25) is 9.69 Å². The van der Waals surface area contributed by atoms with E-state index in [0.29, 0.717) is 29.6 Å². The summed E-state index contributed by atoms with van der Waals surface area (Å²) in [5.74, 6) is 0.150. The Kier molecular flexibility index (Phi) is 5.44. The van der Waals surface area contributed by atoms with E-state index in [0.717, 1.165) is 0 Å². The number of rotatable bonds is 6. The number of hydrogen-bond acceptors (Lipinski definition) is 3. The Balaban J connectivity index is 2.84. The molecule has 3 N–H and O–H groups in total. The van der Waals surface area contributed by atoms with Crippen LogP contribution in [0.1, 0.15) is 19.4 Å². The summed E-state index contributed by atoms with van der Waals surface area (Å²) in [5, 5.41) is 10.3. The van der Waals surface area contributed by atoms with E-state index in [9.17, 15) is 9.90 Å². The van der Waals surface area contributed by atoms with Gasteiger partial charge >= 0.3 is 0 Å². The molecule has 0 spiro atoms. The summed E-state index contributed by atoms with van der Waals surface area (Å²) in [6.45, 7) is 5.39. The molecule has 0 unspecified atom stereocenters. The number of nitrogens with two attached hydrogens (primary N) is 1. The molecular formula is C13H19ClN2O2. The summed E-state index contributed by atoms with van der Waals surface area (Å²) < 4.78 is 0. The zero-order valence-electron chi connectivity index (χ0n) is 10.7. The number of nitrogens with zero attached hydrogens (tertiary/aromatic N) is 1. The van der Waals surface area contributed by atoms with Crippen molar-refractivity contribution in [2.75, 3.05) is 13.1 Å². The zero-order chi connectivity index (χ0) is 13.7. The number of amides is 1. The molecule has 0 saturated carbocycles. The lowest BCUT2D eigenvalue weighted by Gasteiger charge is -2.23. The van der Waals surface area contributed by atoms with Gasteiger partial charge in [0.15, 0.2) is 0 Å². The van der Waals surface area contributed by atoms with E-state index in [1.165, 1.54) is 0 Å². The van der Waals surface area contributed by atoms with Crippen molar-refractivity contribution in [3.05, 3.63) is 28.8 Å². The van der Waals surface area contributed by atoms with Gasteiger partial charge in [0.2, 0.25) is 5.91 Å². The molecule has 0 radical (unpaired) electrons. The third kappa shape index (κ3) is 4.55. The predicted molar refractivity (Wildman–Crippen MR) is 72.4 cm³/mol. The number of halogens is 1. The highest BCUT2D eigenvalue weighted by Gasteiger charge is 2.15. The van der Waals surface area contributed by atoms with Crippen LogP contribution < -0.4 is 5.73 Å². The summed E-state index contributed by atoms with van der Waals surface area (Å²) in [5.41, 5.74) is 5.85. The van der Waals surface area contributed by atoms with Gasteiger partial charge in [0.05, 0.1) is 6.54 Å². The fourth-order valence-corrected chi connectivity index (χ4v) is 2.08. The van der Waals surface area contributed by atoms with Crippen LogP contribution in [0.4, 0.5) is 0 Å². The van der Waals surface area contributed by atoms with Gasteiger partial charge in [-0.15, -0.1) is 0 Å². The quantitative estimate of drug-likeness (QED) is 0.831. The van der Waals surface area contributed by atoms with Crippen molar-refractivity contribution >= 4 is 17.5 Å². The molecular weight excluding hydrogens is 252 g/mol. The summed E-state index contributed by atoms with van der Waals surface area (Å²) in [7, 11) is 0. The maximum absolute atomic E-state index is 11.0. The van der Waals surface area contributed by atoms with E-state index < -0.39 is 0 Å². The first-order valence-electron chi connectivity index (χ1n) is 5.87. The molecule has 100 valence electrons. The Bertz CT molecular complexity index is 401. The molecule has 0 fully saturated rings. The molecule has 0 heterocycles. The van der Waals surface area contributed by atoms with Crippen LogP contribution in [0.3, 0.4) is 0 Å². The first-order chi connectivity index (χ1) is 8.40. The molecule has 0 aliphatic rings. The van der Waals surface area contributed by atoms with Crippen LogP contribution in [0.2, 0.25) is 5.02 Å². The summed E-state index contributed by atoms with van der Waals surface area (Å²) >= 11 is 6.04. The molecule has 0 aliphatic heterocycles. The molecule has 0 bridgehead atoms. The van der Waals surface area contributed by atoms with Gasteiger partial charge in [-0.05, 0) is 18.1 Å². The van der Waals surface area contributed by atoms with Gasteiger partial charge < -0.3 is 10.8 Å². The number of carbonyl (C=O) groups is 1. The molecule has 0 saturated heterocycles. The van der Waals surface area contributed by atoms with E-state index in [4.69, 9.17) is 17.3 Å². The van der Waals surface area contributed by atoms with Crippen molar-refractivity contribution in [1.29, 1.82) is 0 Å². The van der Waals surface area contributed by atoms with E-state index in [1.807, 2.05) is 4.90 Å². The molecule has 0 aromatic heterocycles. The molecule has 5 heteroatoms. The first kappa shape index (κ1) is 14.8. The lowest BCUT2D eigenvalue weighted by Crippen LogP contribution is -2.35. The van der Waals surface area contributed by atoms with Crippen molar-refractivity contribution in [2.24, 2.45) is 11.7 Å². The average Bonchev–Trinajstić information content (AvgIpc) is 2.21. The SMILES string of the molecule is CC(C)CN(CC(N)=O)Cc1c(O)cccc1Cl. The van der Waals surface area contributed by atoms with Gasteiger partial charge in [0.25, 0.3) is 0 Å². The standard InChI is InChI=1S/C13H19ClN2O2/c1-9(2)6-16(8-13(15)18)7-10-11(14)4-3-5-12(10)17/h3-5,9,17H,6-8H2,1-2H3,(H2,15,18). The van der Waals surface area contributed by atoms with Crippen molar-refractivity contribution in [3.63, 3.8) is 0 Å². The first-order valence-corrected chi connectivity index (χ1v) is 6.25. The highest BCUT2D eigenvalue weighted by Crippen LogP contribution is 2.26. The highest BCUT2D eigenvalue weighted by molar-refractivity contribution is 6.31. The fourth-order valence-electron chi connectivity index (χ4n) is 1.85. The van der Waals surface area contributed by atoms with Crippen molar-refractivity contribution in [2.45, 2.75) is 20.4 Å². The predicted octanol–water partition coefficient (Wildman–Crippen LogP) is 1.99. The van der Waals surface area contributed by atoms with Crippen molar-refractivity contribution < 1.29 is 9.90 Å². The summed E-state index contributed by atoms with van der Waals surface area (Å²) in [6.07, 6.45) is 0. The maximum Gasteiger partial charge on any atom is 0.231 e. The fraction of sp³-hybridized carbons (Fsp3) is 0.462. The largest absolute Gasteiger partial charge is 0.508 e. The Labute approximate surface area is 112 Å². The normalized spacial score (nSPS) is 11.2. The number of phenols is 1. The molecule has 4 nitrogen and oxygen atoms in total. The second-order valence-electron chi connectivity index (χ2n) is 4.77. The third-order valence-electron chi connectivity index (χ3n) is 2.48. The molecule has 1 aromatic rings. The smallest absolute Gasteiger partial charge is 0.231 e. The topological polar surface area (TPSA) is 66.6 Å². The maximum atomic E-state index is 11.0. The van der Waals surface area contributed by atoms with Gasteiger partial charge in [-0.2, -0.15) is 0 Å². The summed E-state index contributed by atoms with van der Waals surface area (Å²) in [4.78, 5) is 12.9. The van der Waals surface area contributed by atoms with Gasteiger partial charge in [-0.25, -0.2) is 0 Å². The van der Waals surface area contributed by atoms with E-state index in [-0.39, 0.29) is 18.2 Å². The minimum absolute atomic E-state index is 0.140. The number of primary amides is 1. The lowest BCUT2D eigenvalue weighted by molar-refractivity contribution is -0.119. The second-order valence-corrected chi connectivity index (χ2v) is 5.17. The van der Waals surface area contributed by atoms with E-state index in [1.54, 1.807) is 18.2 Å². The van der Waals surface area contributed by atoms with Crippen LogP contribution in [0.25, 0.3) is 0 Å². The Morgan fingerprint density at radius 1 is 1.50 bits per heavy atom. The lowest BCUT2D eigenvalue weighted by atomic mass is 10.1. The van der Waals surface area contributed by atoms with Crippen LogP contribution >= 0.6 is 11.6 Å². The number of hydrogen-bond donors (Lipinski definition) is 2. The van der Waals surface area contributed by atoms with Crippen LogP contribution in [0, 0.1) is 5.92 Å². The molecule has 18 heavy (non-hydrogen) atoms.